The average molecular weight is 298 g/mol. The van der Waals surface area contributed by atoms with Gasteiger partial charge in [0.1, 0.15) is 0 Å². The van der Waals surface area contributed by atoms with Crippen molar-refractivity contribution < 1.29 is 4.79 Å². The van der Waals surface area contributed by atoms with Crippen LogP contribution in [0.4, 0.5) is 11.4 Å². The minimum Gasteiger partial charge on any atom is -0.398 e. The van der Waals surface area contributed by atoms with Crippen LogP contribution in [-0.2, 0) is 11.2 Å². The van der Waals surface area contributed by atoms with Gasteiger partial charge in [0.05, 0.1) is 5.25 Å². The predicted molar refractivity (Wildman–Crippen MR) is 88.6 cm³/mol. The zero-order valence-corrected chi connectivity index (χ0v) is 12.7. The highest BCUT2D eigenvalue weighted by Crippen LogP contribution is 2.34. The summed E-state index contributed by atoms with van der Waals surface area (Å²) < 4.78 is 0. The molecule has 1 heterocycles. The maximum absolute atomic E-state index is 12.4. The first-order valence-electron chi connectivity index (χ1n) is 7.05. The van der Waals surface area contributed by atoms with Gasteiger partial charge < -0.3 is 11.1 Å². The second kappa shape index (κ2) is 5.82. The Morgan fingerprint density at radius 2 is 2.05 bits per heavy atom. The zero-order chi connectivity index (χ0) is 14.8. The number of carbonyl (C=O) groups is 1. The summed E-state index contributed by atoms with van der Waals surface area (Å²) >= 11 is 1.56. The molecule has 4 heteroatoms. The molecule has 1 unspecified atom stereocenters. The van der Waals surface area contributed by atoms with Gasteiger partial charge in [0, 0.05) is 16.3 Å². The fourth-order valence-electron chi connectivity index (χ4n) is 2.50. The van der Waals surface area contributed by atoms with Crippen LogP contribution in [0.3, 0.4) is 0 Å². The lowest BCUT2D eigenvalue weighted by molar-refractivity contribution is -0.115. The smallest absolute Gasteiger partial charge is 0.237 e. The number of para-hydroxylation sites is 1. The number of hydrogen-bond acceptors (Lipinski definition) is 3. The molecule has 3 nitrogen and oxygen atoms in total. The molecule has 21 heavy (non-hydrogen) atoms. The first kappa shape index (κ1) is 14.0. The third kappa shape index (κ3) is 3.05. The Morgan fingerprint density at radius 1 is 1.24 bits per heavy atom. The Hall–Kier alpha value is -1.94. The number of anilines is 2. The van der Waals surface area contributed by atoms with Crippen LogP contribution in [0, 0.1) is 6.92 Å². The lowest BCUT2D eigenvalue weighted by atomic mass is 10.1. The van der Waals surface area contributed by atoms with E-state index in [2.05, 4.69) is 11.4 Å². The fourth-order valence-corrected chi connectivity index (χ4v) is 3.67. The maximum Gasteiger partial charge on any atom is 0.237 e. The van der Waals surface area contributed by atoms with Gasteiger partial charge in [0.15, 0.2) is 0 Å². The highest BCUT2D eigenvalue weighted by Gasteiger charge is 2.25. The molecule has 2 aromatic carbocycles. The lowest BCUT2D eigenvalue weighted by Gasteiger charge is -2.14. The summed E-state index contributed by atoms with van der Waals surface area (Å²) in [7, 11) is 0. The third-order valence-electron chi connectivity index (χ3n) is 3.68. The number of hydrogen-bond donors (Lipinski definition) is 2. The van der Waals surface area contributed by atoms with Crippen molar-refractivity contribution in [2.24, 2.45) is 0 Å². The summed E-state index contributed by atoms with van der Waals surface area (Å²) in [6.45, 7) is 2.03. The van der Waals surface area contributed by atoms with E-state index in [1.165, 1.54) is 5.56 Å². The summed E-state index contributed by atoms with van der Waals surface area (Å²) in [5.74, 6) is 0.0610. The van der Waals surface area contributed by atoms with Crippen molar-refractivity contribution >= 4 is 29.0 Å². The number of carbonyl (C=O) groups excluding carboxylic acids is 1. The summed E-state index contributed by atoms with van der Waals surface area (Å²) in [4.78, 5) is 13.4. The largest absolute Gasteiger partial charge is 0.398 e. The molecule has 0 radical (unpaired) electrons. The van der Waals surface area contributed by atoms with Gasteiger partial charge in [-0.25, -0.2) is 0 Å². The molecule has 0 saturated carbocycles. The van der Waals surface area contributed by atoms with Crippen LogP contribution in [0.5, 0.6) is 0 Å². The second-order valence-corrected chi connectivity index (χ2v) is 6.58. The number of thioether (sulfide) groups is 1. The van der Waals surface area contributed by atoms with Gasteiger partial charge in [-0.2, -0.15) is 0 Å². The molecule has 1 aliphatic heterocycles. The highest BCUT2D eigenvalue weighted by molar-refractivity contribution is 8.00. The molecule has 0 aromatic heterocycles. The highest BCUT2D eigenvalue weighted by atomic mass is 32.2. The molecule has 3 rings (SSSR count). The molecule has 108 valence electrons. The fraction of sp³-hybridized carbons (Fsp3) is 0.235. The molecular weight excluding hydrogens is 280 g/mol. The Morgan fingerprint density at radius 3 is 2.90 bits per heavy atom. The van der Waals surface area contributed by atoms with E-state index in [1.807, 2.05) is 43.3 Å². The van der Waals surface area contributed by atoms with E-state index in [-0.39, 0.29) is 11.2 Å². The quantitative estimate of drug-likeness (QED) is 0.833. The van der Waals surface area contributed by atoms with Crippen LogP contribution in [-0.4, -0.2) is 11.2 Å². The van der Waals surface area contributed by atoms with E-state index in [0.717, 1.165) is 34.7 Å². The van der Waals surface area contributed by atoms with Crippen molar-refractivity contribution in [1.82, 2.24) is 0 Å². The summed E-state index contributed by atoms with van der Waals surface area (Å²) in [6, 6.07) is 13.9. The number of amides is 1. The minimum absolute atomic E-state index is 0.0610. The van der Waals surface area contributed by atoms with Crippen molar-refractivity contribution in [3.8, 4) is 0 Å². The first-order chi connectivity index (χ1) is 10.1. The van der Waals surface area contributed by atoms with Crippen LogP contribution in [0.2, 0.25) is 0 Å². The van der Waals surface area contributed by atoms with Gasteiger partial charge >= 0.3 is 0 Å². The van der Waals surface area contributed by atoms with Crippen molar-refractivity contribution in [1.29, 1.82) is 0 Å². The molecular formula is C17H18N2OS. The minimum atomic E-state index is -0.110. The van der Waals surface area contributed by atoms with Crippen LogP contribution in [0.1, 0.15) is 17.5 Å². The number of rotatable bonds is 2. The molecule has 2 aromatic rings. The van der Waals surface area contributed by atoms with E-state index in [9.17, 15) is 4.79 Å². The number of nitrogens with two attached hydrogens (primary N) is 1. The van der Waals surface area contributed by atoms with E-state index in [4.69, 9.17) is 5.73 Å². The molecule has 0 fully saturated rings. The van der Waals surface area contributed by atoms with Gasteiger partial charge in [-0.05, 0) is 49.1 Å². The van der Waals surface area contributed by atoms with Crippen molar-refractivity contribution in [3.63, 3.8) is 0 Å². The Labute approximate surface area is 128 Å². The van der Waals surface area contributed by atoms with Crippen LogP contribution >= 0.6 is 11.8 Å². The Bertz CT molecular complexity index is 684. The standard InChI is InChI=1S/C17H18N2OS/c1-11-6-8-13(18)16(10-11)21-15-9-7-12-4-2-3-5-14(12)19-17(15)20/h2-6,8,10,15H,7,9,18H2,1H3,(H,19,20). The van der Waals surface area contributed by atoms with Gasteiger partial charge in [0.2, 0.25) is 5.91 Å². The van der Waals surface area contributed by atoms with E-state index in [0.29, 0.717) is 0 Å². The SMILES string of the molecule is Cc1ccc(N)c(SC2CCc3ccccc3NC2=O)c1. The van der Waals surface area contributed by atoms with Crippen molar-refractivity contribution in [2.45, 2.75) is 29.9 Å². The van der Waals surface area contributed by atoms with Gasteiger partial charge in [-0.3, -0.25) is 4.79 Å². The van der Waals surface area contributed by atoms with Gasteiger partial charge in [-0.15, -0.1) is 11.8 Å². The lowest BCUT2D eigenvalue weighted by Crippen LogP contribution is -2.23. The van der Waals surface area contributed by atoms with Crippen LogP contribution < -0.4 is 11.1 Å². The summed E-state index contributed by atoms with van der Waals surface area (Å²) in [6.07, 6.45) is 1.72. The summed E-state index contributed by atoms with van der Waals surface area (Å²) in [5, 5.41) is 2.92. The monoisotopic (exact) mass is 298 g/mol. The predicted octanol–water partition coefficient (Wildman–Crippen LogP) is 3.62. The molecule has 1 aliphatic rings. The molecule has 1 atom stereocenters. The number of nitrogens with one attached hydrogen (secondary N) is 1. The molecule has 1 amide bonds. The van der Waals surface area contributed by atoms with Crippen LogP contribution in [0.25, 0.3) is 0 Å². The number of benzene rings is 2. The summed E-state index contributed by atoms with van der Waals surface area (Å²) in [5.41, 5.74) is 10.0. The first-order valence-corrected chi connectivity index (χ1v) is 7.93. The number of aryl methyl sites for hydroxylation is 2. The Kier molecular flexibility index (Phi) is 3.88. The van der Waals surface area contributed by atoms with E-state index >= 15 is 0 Å². The molecule has 0 aliphatic carbocycles. The molecule has 0 spiro atoms. The van der Waals surface area contributed by atoms with Gasteiger partial charge in [0.25, 0.3) is 0 Å². The second-order valence-electron chi connectivity index (χ2n) is 5.33. The van der Waals surface area contributed by atoms with Crippen molar-refractivity contribution in [3.05, 3.63) is 53.6 Å². The van der Waals surface area contributed by atoms with E-state index in [1.54, 1.807) is 11.8 Å². The molecule has 3 N–H and O–H groups in total. The van der Waals surface area contributed by atoms with Crippen LogP contribution in [0.15, 0.2) is 47.4 Å². The number of fused-ring (bicyclic) bond motifs is 1. The third-order valence-corrected chi connectivity index (χ3v) is 5.02. The average Bonchev–Trinajstić information content (AvgIpc) is 2.62. The Balaban J connectivity index is 1.81. The topological polar surface area (TPSA) is 55.1 Å². The van der Waals surface area contributed by atoms with Crippen molar-refractivity contribution in [2.75, 3.05) is 11.1 Å². The maximum atomic E-state index is 12.4. The zero-order valence-electron chi connectivity index (χ0n) is 11.9. The van der Waals surface area contributed by atoms with E-state index < -0.39 is 0 Å². The molecule has 0 saturated heterocycles. The van der Waals surface area contributed by atoms with Gasteiger partial charge in [-0.1, -0.05) is 24.3 Å². The normalized spacial score (nSPS) is 17.8. The molecule has 0 bridgehead atoms. The number of nitrogen functional groups attached to an aromatic ring is 1.